The van der Waals surface area contributed by atoms with Crippen LogP contribution in [0.15, 0.2) is 18.2 Å². The molecule has 0 fully saturated rings. The molecule has 0 radical (unpaired) electrons. The molecule has 0 unspecified atom stereocenters. The maximum atomic E-state index is 11.3. The van der Waals surface area contributed by atoms with Crippen LogP contribution in [-0.4, -0.2) is 24.4 Å². The van der Waals surface area contributed by atoms with Gasteiger partial charge in [-0.05, 0) is 12.1 Å². The lowest BCUT2D eigenvalue weighted by molar-refractivity contribution is -0.385. The molecule has 1 aromatic rings. The number of carbonyl (C=O) groups excluding carboxylic acids is 2. The van der Waals surface area contributed by atoms with Crippen LogP contribution < -0.4 is 5.32 Å². The van der Waals surface area contributed by atoms with Gasteiger partial charge in [0.05, 0.1) is 12.0 Å². The Morgan fingerprint density at radius 2 is 2.25 bits per heavy atom. The monoisotopic (exact) mass is 224 g/mol. The predicted molar refractivity (Wildman–Crippen MR) is 54.1 cm³/mol. The summed E-state index contributed by atoms with van der Waals surface area (Å²) in [5, 5.41) is 12.9. The Labute approximate surface area is 90.2 Å². The van der Waals surface area contributed by atoms with Crippen molar-refractivity contribution in [3.05, 3.63) is 33.9 Å². The van der Waals surface area contributed by atoms with E-state index < -0.39 is 10.9 Å². The van der Waals surface area contributed by atoms with Gasteiger partial charge < -0.3 is 10.1 Å². The molecule has 1 N–H and O–H groups in total. The van der Waals surface area contributed by atoms with Crippen molar-refractivity contribution in [2.75, 3.05) is 12.4 Å². The van der Waals surface area contributed by atoms with Crippen molar-refractivity contribution in [3.8, 4) is 0 Å². The summed E-state index contributed by atoms with van der Waals surface area (Å²) >= 11 is 0. The van der Waals surface area contributed by atoms with Crippen molar-refractivity contribution in [1.82, 2.24) is 0 Å². The molecule has 0 atom stereocenters. The molecule has 7 nitrogen and oxygen atoms in total. The zero-order valence-electron chi connectivity index (χ0n) is 8.30. The van der Waals surface area contributed by atoms with E-state index in [-0.39, 0.29) is 16.9 Å². The summed E-state index contributed by atoms with van der Waals surface area (Å²) in [6.45, 7) is 0. The zero-order chi connectivity index (χ0) is 12.1. The van der Waals surface area contributed by atoms with Crippen LogP contribution in [-0.2, 0) is 9.53 Å². The first-order chi connectivity index (χ1) is 7.60. The highest BCUT2D eigenvalue weighted by atomic mass is 16.6. The summed E-state index contributed by atoms with van der Waals surface area (Å²) in [6.07, 6.45) is 0.405. The highest BCUT2D eigenvalue weighted by Crippen LogP contribution is 2.23. The molecule has 7 heteroatoms. The quantitative estimate of drug-likeness (QED) is 0.355. The van der Waals surface area contributed by atoms with Gasteiger partial charge in [0.15, 0.2) is 0 Å². The first-order valence-electron chi connectivity index (χ1n) is 4.17. The number of nitro groups is 1. The van der Waals surface area contributed by atoms with Crippen LogP contribution in [0.5, 0.6) is 0 Å². The van der Waals surface area contributed by atoms with Crippen LogP contribution in [0.25, 0.3) is 0 Å². The molecule has 16 heavy (non-hydrogen) atoms. The number of hydrogen-bond acceptors (Lipinski definition) is 5. The molecule has 1 rings (SSSR count). The molecule has 0 saturated heterocycles. The second-order valence-corrected chi connectivity index (χ2v) is 2.74. The number of anilines is 1. The predicted octanol–water partition coefficient (Wildman–Crippen LogP) is 0.950. The summed E-state index contributed by atoms with van der Waals surface area (Å²) in [6, 6.07) is 3.62. The van der Waals surface area contributed by atoms with Gasteiger partial charge in [-0.25, -0.2) is 4.79 Å². The van der Waals surface area contributed by atoms with E-state index in [9.17, 15) is 19.7 Å². The fourth-order valence-corrected chi connectivity index (χ4v) is 1.13. The van der Waals surface area contributed by atoms with Crippen molar-refractivity contribution in [2.45, 2.75) is 0 Å². The number of rotatable bonds is 4. The number of carbonyl (C=O) groups is 2. The highest BCUT2D eigenvalue weighted by Gasteiger charge is 2.20. The van der Waals surface area contributed by atoms with Crippen molar-refractivity contribution in [2.24, 2.45) is 0 Å². The van der Waals surface area contributed by atoms with Crippen LogP contribution in [0.3, 0.4) is 0 Å². The number of hydrogen-bond donors (Lipinski definition) is 1. The van der Waals surface area contributed by atoms with E-state index >= 15 is 0 Å². The third kappa shape index (κ3) is 2.32. The molecule has 0 bridgehead atoms. The average Bonchev–Trinajstić information content (AvgIpc) is 2.28. The van der Waals surface area contributed by atoms with Crippen LogP contribution in [0.4, 0.5) is 11.4 Å². The molecule has 1 amide bonds. The fourth-order valence-electron chi connectivity index (χ4n) is 1.13. The maximum Gasteiger partial charge on any atom is 0.344 e. The molecule has 0 aromatic heterocycles. The summed E-state index contributed by atoms with van der Waals surface area (Å²) in [5.41, 5.74) is -0.302. The SMILES string of the molecule is COC(=O)c1cc(NC=O)ccc1[N+](=O)[O-]. The van der Waals surface area contributed by atoms with E-state index in [0.29, 0.717) is 6.41 Å². The first kappa shape index (κ1) is 11.6. The van der Waals surface area contributed by atoms with Gasteiger partial charge in [0.2, 0.25) is 6.41 Å². The lowest BCUT2D eigenvalue weighted by Crippen LogP contribution is -2.06. The minimum absolute atomic E-state index is 0.209. The molecule has 1 aromatic carbocycles. The lowest BCUT2D eigenvalue weighted by Gasteiger charge is -2.03. The number of esters is 1. The molecule has 0 heterocycles. The normalized spacial score (nSPS) is 9.31. The van der Waals surface area contributed by atoms with E-state index in [1.54, 1.807) is 0 Å². The number of methoxy groups -OCH3 is 1. The number of nitro benzene ring substituents is 1. The van der Waals surface area contributed by atoms with E-state index in [1.165, 1.54) is 12.1 Å². The van der Waals surface area contributed by atoms with Gasteiger partial charge in [-0.15, -0.1) is 0 Å². The first-order valence-corrected chi connectivity index (χ1v) is 4.17. The summed E-state index contributed by atoms with van der Waals surface area (Å²) < 4.78 is 4.40. The topological polar surface area (TPSA) is 98.5 Å². The zero-order valence-corrected chi connectivity index (χ0v) is 8.30. The largest absolute Gasteiger partial charge is 0.465 e. The highest BCUT2D eigenvalue weighted by molar-refractivity contribution is 5.95. The molecule has 0 aliphatic rings. The molecule has 0 saturated carbocycles. The molecular formula is C9H8N2O5. The molecule has 0 aliphatic carbocycles. The minimum atomic E-state index is -0.832. The third-order valence-corrected chi connectivity index (χ3v) is 1.82. The van der Waals surface area contributed by atoms with Gasteiger partial charge in [-0.3, -0.25) is 14.9 Å². The summed E-state index contributed by atoms with van der Waals surface area (Å²) in [4.78, 5) is 31.4. The van der Waals surface area contributed by atoms with Gasteiger partial charge in [0, 0.05) is 11.8 Å². The lowest BCUT2D eigenvalue weighted by atomic mass is 10.1. The number of benzene rings is 1. The Hall–Kier alpha value is -2.44. The summed E-state index contributed by atoms with van der Waals surface area (Å²) in [7, 11) is 1.12. The maximum absolute atomic E-state index is 11.3. The van der Waals surface area contributed by atoms with Gasteiger partial charge in [-0.1, -0.05) is 0 Å². The van der Waals surface area contributed by atoms with Crippen LogP contribution in [0.1, 0.15) is 10.4 Å². The van der Waals surface area contributed by atoms with E-state index in [4.69, 9.17) is 0 Å². The Bertz CT molecular complexity index is 444. The number of ether oxygens (including phenoxy) is 1. The number of amides is 1. The van der Waals surface area contributed by atoms with Crippen LogP contribution >= 0.6 is 0 Å². The Morgan fingerprint density at radius 1 is 1.56 bits per heavy atom. The van der Waals surface area contributed by atoms with E-state index in [1.807, 2.05) is 0 Å². The standard InChI is InChI=1S/C9H8N2O5/c1-16-9(13)7-4-6(10-5-12)2-3-8(7)11(14)15/h2-5H,1H3,(H,10,12). The molecule has 0 aliphatic heterocycles. The van der Waals surface area contributed by atoms with E-state index in [2.05, 4.69) is 10.1 Å². The van der Waals surface area contributed by atoms with Crippen molar-refractivity contribution < 1.29 is 19.2 Å². The second kappa shape index (κ2) is 4.87. The smallest absolute Gasteiger partial charge is 0.344 e. The number of nitrogens with one attached hydrogen (secondary N) is 1. The molecular weight excluding hydrogens is 216 g/mol. The Balaban J connectivity index is 3.26. The fraction of sp³-hybridized carbons (Fsp3) is 0.111. The second-order valence-electron chi connectivity index (χ2n) is 2.74. The van der Waals surface area contributed by atoms with Gasteiger partial charge in [0.25, 0.3) is 5.69 Å². The number of nitrogens with zero attached hydrogens (tertiary/aromatic N) is 1. The Morgan fingerprint density at radius 3 is 2.75 bits per heavy atom. The van der Waals surface area contributed by atoms with Gasteiger partial charge >= 0.3 is 5.97 Å². The van der Waals surface area contributed by atoms with Crippen molar-refractivity contribution in [3.63, 3.8) is 0 Å². The van der Waals surface area contributed by atoms with Gasteiger partial charge in [0.1, 0.15) is 5.56 Å². The van der Waals surface area contributed by atoms with Crippen molar-refractivity contribution in [1.29, 1.82) is 0 Å². The Kier molecular flexibility index (Phi) is 3.54. The third-order valence-electron chi connectivity index (χ3n) is 1.82. The average molecular weight is 224 g/mol. The minimum Gasteiger partial charge on any atom is -0.465 e. The van der Waals surface area contributed by atoms with Gasteiger partial charge in [-0.2, -0.15) is 0 Å². The van der Waals surface area contributed by atoms with Crippen LogP contribution in [0, 0.1) is 10.1 Å². The molecule has 0 spiro atoms. The van der Waals surface area contributed by atoms with Crippen LogP contribution in [0.2, 0.25) is 0 Å². The summed E-state index contributed by atoms with van der Waals surface area (Å²) in [5.74, 6) is -0.832. The molecule has 84 valence electrons. The van der Waals surface area contributed by atoms with E-state index in [0.717, 1.165) is 13.2 Å². The van der Waals surface area contributed by atoms with Crippen molar-refractivity contribution >= 4 is 23.8 Å².